The summed E-state index contributed by atoms with van der Waals surface area (Å²) in [5.41, 5.74) is 2.79. The van der Waals surface area contributed by atoms with Crippen molar-refractivity contribution >= 4 is 0 Å². The van der Waals surface area contributed by atoms with Crippen molar-refractivity contribution in [2.45, 2.75) is 12.7 Å². The van der Waals surface area contributed by atoms with Gasteiger partial charge in [0, 0.05) is 21.0 Å². The Balaban J connectivity index is 3.31. The van der Waals surface area contributed by atoms with E-state index < -0.39 is 23.9 Å². The molecular formula is C6H6F3N3. The molecule has 0 unspecified atom stereocenters. The van der Waals surface area contributed by atoms with Crippen LogP contribution >= 0.6 is 0 Å². The molecule has 6 heteroatoms. The zero-order valence-electron chi connectivity index (χ0n) is 7.76. The molecule has 2 N–H and O–H groups in total. The van der Waals surface area contributed by atoms with E-state index in [0.717, 1.165) is 6.20 Å². The summed E-state index contributed by atoms with van der Waals surface area (Å²) in [5, 5.41) is 0. The fourth-order valence-corrected chi connectivity index (χ4v) is 0.661. The van der Waals surface area contributed by atoms with Crippen molar-refractivity contribution in [2.24, 2.45) is 5.73 Å². The Bertz CT molecular complexity index is 301. The summed E-state index contributed by atoms with van der Waals surface area (Å²) >= 11 is 0. The number of alkyl halides is 3. The second kappa shape index (κ2) is 3.06. The quantitative estimate of drug-likeness (QED) is 0.698. The van der Waals surface area contributed by atoms with Crippen LogP contribution in [0.15, 0.2) is 12.5 Å². The van der Waals surface area contributed by atoms with E-state index in [0.29, 0.717) is 6.33 Å². The summed E-state index contributed by atoms with van der Waals surface area (Å²) in [6.45, 7) is -2.61. The van der Waals surface area contributed by atoms with Crippen molar-refractivity contribution in [3.8, 4) is 0 Å². The first-order chi connectivity index (χ1) is 6.23. The summed E-state index contributed by atoms with van der Waals surface area (Å²) in [6, 6.07) is 0. The predicted octanol–water partition coefficient (Wildman–Crippen LogP) is 0.954. The predicted molar refractivity (Wildman–Crippen MR) is 34.9 cm³/mol. The molecule has 1 heterocycles. The van der Waals surface area contributed by atoms with Crippen LogP contribution in [0.3, 0.4) is 0 Å². The van der Waals surface area contributed by atoms with Crippen LogP contribution in [0.25, 0.3) is 0 Å². The molecule has 3 nitrogen and oxygen atoms in total. The molecule has 0 fully saturated rings. The van der Waals surface area contributed by atoms with Crippen molar-refractivity contribution in [2.75, 3.05) is 0 Å². The van der Waals surface area contributed by atoms with Crippen LogP contribution in [0.2, 0.25) is 0 Å². The van der Waals surface area contributed by atoms with Gasteiger partial charge in [0.2, 0.25) is 0 Å². The molecule has 0 bridgehead atoms. The van der Waals surface area contributed by atoms with Gasteiger partial charge in [-0.05, 0) is 0 Å². The number of nitrogens with two attached hydrogens (primary N) is 1. The average Bonchev–Trinajstić information content (AvgIpc) is 2.01. The second-order valence-corrected chi connectivity index (χ2v) is 1.93. The molecule has 66 valence electrons. The number of rotatable bonds is 1. The normalized spacial score (nSPS) is 15.3. The maximum absolute atomic E-state index is 12.3. The van der Waals surface area contributed by atoms with Crippen LogP contribution in [0.1, 0.15) is 14.0 Å². The summed E-state index contributed by atoms with van der Waals surface area (Å²) in [6.07, 6.45) is -3.32. The van der Waals surface area contributed by atoms with Gasteiger partial charge in [-0.2, -0.15) is 13.2 Å². The van der Waals surface area contributed by atoms with E-state index in [1.54, 1.807) is 0 Å². The first kappa shape index (κ1) is 6.36. The maximum atomic E-state index is 12.3. The zero-order valence-corrected chi connectivity index (χ0v) is 5.76. The minimum absolute atomic E-state index is 0.693. The van der Waals surface area contributed by atoms with Crippen molar-refractivity contribution in [1.82, 2.24) is 9.97 Å². The Morgan fingerprint density at radius 2 is 2.25 bits per heavy atom. The molecule has 0 aliphatic heterocycles. The highest BCUT2D eigenvalue weighted by Gasteiger charge is 2.34. The van der Waals surface area contributed by atoms with Gasteiger partial charge in [-0.25, -0.2) is 9.97 Å². The van der Waals surface area contributed by atoms with Gasteiger partial charge in [0.15, 0.2) is 5.69 Å². The van der Waals surface area contributed by atoms with Gasteiger partial charge in [-0.3, -0.25) is 0 Å². The van der Waals surface area contributed by atoms with Crippen molar-refractivity contribution < 1.29 is 15.9 Å². The standard InChI is InChI=1S/C6H6F3N3/c7-6(8,9)5-4(1-10)2-11-3-12-5/h2-3H,1,10H2/i1D2. The number of nitrogens with zero attached hydrogens (tertiary/aromatic N) is 2. The topological polar surface area (TPSA) is 51.8 Å². The molecule has 0 aliphatic carbocycles. The Morgan fingerprint density at radius 3 is 2.67 bits per heavy atom. The second-order valence-electron chi connectivity index (χ2n) is 1.93. The Hall–Kier alpha value is -1.17. The Labute approximate surface area is 69.2 Å². The van der Waals surface area contributed by atoms with Crippen molar-refractivity contribution in [3.05, 3.63) is 23.8 Å². The van der Waals surface area contributed by atoms with Crippen LogP contribution < -0.4 is 5.73 Å². The van der Waals surface area contributed by atoms with Gasteiger partial charge < -0.3 is 5.73 Å². The van der Waals surface area contributed by atoms with Crippen LogP contribution in [-0.4, -0.2) is 9.97 Å². The lowest BCUT2D eigenvalue weighted by molar-refractivity contribution is -0.141. The third-order valence-electron chi connectivity index (χ3n) is 1.14. The molecule has 1 rings (SSSR count). The molecule has 0 saturated heterocycles. The third-order valence-corrected chi connectivity index (χ3v) is 1.14. The molecule has 0 atom stereocenters. The smallest absolute Gasteiger partial charge is 0.326 e. The molecule has 0 radical (unpaired) electrons. The lowest BCUT2D eigenvalue weighted by atomic mass is 10.2. The van der Waals surface area contributed by atoms with Gasteiger partial charge >= 0.3 is 6.18 Å². The van der Waals surface area contributed by atoms with E-state index in [9.17, 15) is 13.2 Å². The van der Waals surface area contributed by atoms with Crippen LogP contribution in [0, 0.1) is 0 Å². The van der Waals surface area contributed by atoms with Crippen LogP contribution in [0.5, 0.6) is 0 Å². The molecular weight excluding hydrogens is 171 g/mol. The molecule has 0 spiro atoms. The summed E-state index contributed by atoms with van der Waals surface area (Å²) in [7, 11) is 0. The fraction of sp³-hybridized carbons (Fsp3) is 0.333. The highest BCUT2D eigenvalue weighted by atomic mass is 19.4. The van der Waals surface area contributed by atoms with Gasteiger partial charge in [-0.15, -0.1) is 0 Å². The maximum Gasteiger partial charge on any atom is 0.433 e. The number of hydrogen-bond acceptors (Lipinski definition) is 3. The molecule has 12 heavy (non-hydrogen) atoms. The first-order valence-electron chi connectivity index (χ1n) is 3.89. The van der Waals surface area contributed by atoms with Gasteiger partial charge in [0.05, 0.1) is 0 Å². The van der Waals surface area contributed by atoms with E-state index in [1.165, 1.54) is 0 Å². The number of aromatic nitrogens is 2. The molecule has 1 aromatic rings. The minimum Gasteiger partial charge on any atom is -0.326 e. The van der Waals surface area contributed by atoms with Gasteiger partial charge in [0.25, 0.3) is 0 Å². The highest BCUT2D eigenvalue weighted by molar-refractivity contribution is 5.18. The van der Waals surface area contributed by atoms with E-state index in [4.69, 9.17) is 8.48 Å². The molecule has 0 amide bonds. The summed E-state index contributed by atoms with van der Waals surface area (Å²) in [5.74, 6) is 0. The SMILES string of the molecule is [2H]C([2H])(N)c1cncnc1C(F)(F)F. The van der Waals surface area contributed by atoms with Crippen molar-refractivity contribution in [3.63, 3.8) is 0 Å². The summed E-state index contributed by atoms with van der Waals surface area (Å²) in [4.78, 5) is 6.25. The number of halogens is 3. The van der Waals surface area contributed by atoms with Crippen LogP contribution in [-0.2, 0) is 12.7 Å². The lowest BCUT2D eigenvalue weighted by Crippen LogP contribution is -2.14. The Morgan fingerprint density at radius 1 is 1.58 bits per heavy atom. The first-order valence-corrected chi connectivity index (χ1v) is 2.89. The van der Waals surface area contributed by atoms with E-state index in [2.05, 4.69) is 9.97 Å². The van der Waals surface area contributed by atoms with Crippen LogP contribution in [0.4, 0.5) is 13.2 Å². The molecule has 0 saturated carbocycles. The highest BCUT2D eigenvalue weighted by Crippen LogP contribution is 2.29. The molecule has 1 aromatic heterocycles. The zero-order chi connectivity index (χ0) is 11.0. The van der Waals surface area contributed by atoms with Gasteiger partial charge in [0.1, 0.15) is 6.33 Å². The average molecular weight is 179 g/mol. The van der Waals surface area contributed by atoms with E-state index in [1.807, 2.05) is 0 Å². The lowest BCUT2D eigenvalue weighted by Gasteiger charge is -2.08. The molecule has 0 aromatic carbocycles. The molecule has 0 aliphatic rings. The van der Waals surface area contributed by atoms with Crippen molar-refractivity contribution in [1.29, 1.82) is 0 Å². The monoisotopic (exact) mass is 179 g/mol. The number of hydrogen-bond donors (Lipinski definition) is 1. The Kier molecular flexibility index (Phi) is 1.62. The van der Waals surface area contributed by atoms with Gasteiger partial charge in [-0.1, -0.05) is 0 Å². The largest absolute Gasteiger partial charge is 0.433 e. The third kappa shape index (κ3) is 1.70. The fourth-order valence-electron chi connectivity index (χ4n) is 0.661. The van der Waals surface area contributed by atoms with E-state index in [-0.39, 0.29) is 0 Å². The summed E-state index contributed by atoms with van der Waals surface area (Å²) < 4.78 is 50.7. The minimum atomic E-state index is -4.73. The van der Waals surface area contributed by atoms with E-state index >= 15 is 0 Å².